The molecule has 33 valence electrons. The minimum Gasteiger partial charge on any atom is -0.605 e. The van der Waals surface area contributed by atoms with Crippen LogP contribution in [-0.2, 0) is 0 Å². The van der Waals surface area contributed by atoms with Crippen molar-refractivity contribution in [3.05, 3.63) is 0 Å². The van der Waals surface area contributed by atoms with Gasteiger partial charge >= 0.3 is 52.6 Å². The van der Waals surface area contributed by atoms with E-state index in [1.54, 1.807) is 0 Å². The smallest absolute Gasteiger partial charge is 0.605 e. The van der Waals surface area contributed by atoms with Crippen molar-refractivity contribution in [3.63, 3.8) is 0 Å². The first kappa shape index (κ1) is 32.8. The van der Waals surface area contributed by atoms with Gasteiger partial charge < -0.3 is 40.9 Å². The Bertz CT molecular complexity index is 14.5. The molecule has 0 aliphatic rings. The van der Waals surface area contributed by atoms with Crippen molar-refractivity contribution in [2.24, 2.45) is 16.9 Å². The summed E-state index contributed by atoms with van der Waals surface area (Å²) in [6.07, 6.45) is 0. The van der Waals surface area contributed by atoms with Crippen molar-refractivity contribution >= 4 is 47.0 Å². The summed E-state index contributed by atoms with van der Waals surface area (Å²) in [5.74, 6) is 0. The van der Waals surface area contributed by atoms with Gasteiger partial charge in [0.2, 0.25) is 0 Å². The van der Waals surface area contributed by atoms with Crippen LogP contribution in [-0.4, -0.2) is 47.0 Å². The predicted octanol–water partition coefficient (Wildman–Crippen LogP) is -6.29. The van der Waals surface area contributed by atoms with Gasteiger partial charge in [0.15, 0.2) is 0 Å². The molecule has 0 aromatic heterocycles. The minimum absolute atomic E-state index is 0. The van der Waals surface area contributed by atoms with Crippen molar-refractivity contribution in [2.75, 3.05) is 0 Å². The molecule has 0 heterocycles. The van der Waals surface area contributed by atoms with E-state index in [-0.39, 0.29) is 52.6 Å². The van der Waals surface area contributed by atoms with Crippen LogP contribution >= 0.6 is 0 Å². The molecule has 0 aromatic rings. The SMILES string of the molecule is [B-]N.[B-]N.[B-]N.[Mg+2].[Na+]. The molecular formula is H6B3MgN3Na. The van der Waals surface area contributed by atoms with Crippen LogP contribution in [0.4, 0.5) is 0 Å². The molecule has 8 heavy (non-hydrogen) atoms. The second kappa shape index (κ2) is 160. The van der Waals surface area contributed by atoms with E-state index in [0.717, 1.165) is 0 Å². The monoisotopic (exact) mass is 128 g/mol. The van der Waals surface area contributed by atoms with E-state index in [1.165, 1.54) is 0 Å². The van der Waals surface area contributed by atoms with Gasteiger partial charge in [-0.2, -0.15) is 0 Å². The summed E-state index contributed by atoms with van der Waals surface area (Å²) in [7, 11) is 12.0. The van der Waals surface area contributed by atoms with E-state index >= 15 is 0 Å². The van der Waals surface area contributed by atoms with Crippen LogP contribution in [0.5, 0.6) is 0 Å². The Morgan fingerprint density at radius 1 is 0.625 bits per heavy atom. The summed E-state index contributed by atoms with van der Waals surface area (Å²) in [5, 5.41) is 0. The van der Waals surface area contributed by atoms with Crippen molar-refractivity contribution in [2.45, 2.75) is 0 Å². The number of hydrogen-bond donors (Lipinski definition) is 3. The number of hydrogen-bond acceptors (Lipinski definition) is 3. The van der Waals surface area contributed by atoms with Gasteiger partial charge in [-0.15, -0.1) is 0 Å². The van der Waals surface area contributed by atoms with Crippen LogP contribution < -0.4 is 46.5 Å². The first-order chi connectivity index (χ1) is 3.00. The summed E-state index contributed by atoms with van der Waals surface area (Å²) in [5.41, 5.74) is 12.0. The molecule has 0 saturated heterocycles. The summed E-state index contributed by atoms with van der Waals surface area (Å²) < 4.78 is 0. The van der Waals surface area contributed by atoms with Gasteiger partial charge in [-0.25, -0.2) is 0 Å². The zero-order chi connectivity index (χ0) is 6.00. The predicted molar refractivity (Wildman–Crippen MR) is 35.6 cm³/mol. The van der Waals surface area contributed by atoms with E-state index < -0.39 is 0 Å². The molecule has 0 aromatic carbocycles. The van der Waals surface area contributed by atoms with Crippen molar-refractivity contribution in [3.8, 4) is 0 Å². The standard InChI is InChI=1S/3BH2N.Mg.Na/c3*1-2;;/h3*2H2;;/q3*-1;+2;+1. The topological polar surface area (TPSA) is 78.1 Å². The average Bonchev–Trinajstić information content (AvgIpc) is 1.81. The van der Waals surface area contributed by atoms with Gasteiger partial charge in [-0.1, -0.05) is 0 Å². The maximum Gasteiger partial charge on any atom is 2.00 e. The first-order valence-electron chi connectivity index (χ1n) is 1.00. The summed E-state index contributed by atoms with van der Waals surface area (Å²) in [6, 6.07) is 0. The Kier molecular flexibility index (Phi) is 658. The van der Waals surface area contributed by atoms with Crippen LogP contribution in [0.25, 0.3) is 0 Å². The fraction of sp³-hybridized carbons (Fsp3) is 0. The van der Waals surface area contributed by atoms with E-state index in [9.17, 15) is 0 Å². The summed E-state index contributed by atoms with van der Waals surface area (Å²) in [4.78, 5) is 0. The van der Waals surface area contributed by atoms with E-state index in [2.05, 4.69) is 40.9 Å². The normalized spacial score (nSPS) is 2.25. The van der Waals surface area contributed by atoms with E-state index in [0.29, 0.717) is 0 Å². The fourth-order valence-corrected chi connectivity index (χ4v) is 0. The third kappa shape index (κ3) is 108. The Hall–Kier alpha value is 1.84. The Morgan fingerprint density at radius 3 is 0.625 bits per heavy atom. The van der Waals surface area contributed by atoms with Crippen molar-refractivity contribution in [1.29, 1.82) is 0 Å². The van der Waals surface area contributed by atoms with Gasteiger partial charge in [-0.3, -0.25) is 0 Å². The molecule has 0 saturated carbocycles. The molecule has 0 unspecified atom stereocenters. The molecule has 0 bridgehead atoms. The summed E-state index contributed by atoms with van der Waals surface area (Å²) in [6.45, 7) is 0. The van der Waals surface area contributed by atoms with Crippen LogP contribution in [0.3, 0.4) is 0 Å². The molecule has 0 aliphatic carbocycles. The maximum absolute atomic E-state index is 4.00. The summed E-state index contributed by atoms with van der Waals surface area (Å²) >= 11 is 0. The van der Waals surface area contributed by atoms with Crippen LogP contribution in [0.1, 0.15) is 0 Å². The molecule has 0 rings (SSSR count). The molecule has 8 heteroatoms. The van der Waals surface area contributed by atoms with E-state index in [4.69, 9.17) is 0 Å². The molecule has 0 spiro atoms. The van der Waals surface area contributed by atoms with Gasteiger partial charge in [-0.05, 0) is 0 Å². The third-order valence-corrected chi connectivity index (χ3v) is 0. The first-order valence-corrected chi connectivity index (χ1v) is 1.00. The minimum atomic E-state index is 0. The largest absolute Gasteiger partial charge is 2.00 e. The third-order valence-electron chi connectivity index (χ3n) is 0. The Balaban J connectivity index is -0.00000000500. The quantitative estimate of drug-likeness (QED) is 0.284. The maximum atomic E-state index is 4.00. The zero-order valence-electron chi connectivity index (χ0n) is 5.17. The van der Waals surface area contributed by atoms with Crippen molar-refractivity contribution < 1.29 is 29.6 Å². The van der Waals surface area contributed by atoms with Gasteiger partial charge in [0.25, 0.3) is 0 Å². The van der Waals surface area contributed by atoms with E-state index in [1.807, 2.05) is 0 Å². The average molecular weight is 128 g/mol. The van der Waals surface area contributed by atoms with Crippen LogP contribution in [0.15, 0.2) is 0 Å². The molecule has 0 aliphatic heterocycles. The molecule has 3 nitrogen and oxygen atoms in total. The molecule has 6 N–H and O–H groups in total. The van der Waals surface area contributed by atoms with Crippen molar-refractivity contribution in [1.82, 2.24) is 0 Å². The van der Waals surface area contributed by atoms with Gasteiger partial charge in [0.05, 0.1) is 0 Å². The molecule has 0 amide bonds. The second-order valence-corrected chi connectivity index (χ2v) is 0. The Morgan fingerprint density at radius 2 is 0.625 bits per heavy atom. The number of nitrogens with two attached hydrogens (primary N) is 3. The van der Waals surface area contributed by atoms with Gasteiger partial charge in [0, 0.05) is 0 Å². The van der Waals surface area contributed by atoms with Gasteiger partial charge in [0.1, 0.15) is 0 Å². The van der Waals surface area contributed by atoms with Crippen LogP contribution in [0, 0.1) is 0 Å². The fourth-order valence-electron chi connectivity index (χ4n) is 0. The second-order valence-electron chi connectivity index (χ2n) is 0. The number of rotatable bonds is 0. The van der Waals surface area contributed by atoms with Crippen LogP contribution in [0.2, 0.25) is 0 Å². The Labute approximate surface area is 92.6 Å². The molecule has 0 fully saturated rings. The molecule has 9 radical (unpaired) electrons. The molecule has 0 atom stereocenters. The molecular weight excluding hydrogens is 122 g/mol. The zero-order valence-corrected chi connectivity index (χ0v) is 8.59.